The summed E-state index contributed by atoms with van der Waals surface area (Å²) < 4.78 is 69.8. The van der Waals surface area contributed by atoms with E-state index in [1.54, 1.807) is 48.7 Å². The number of aromatic nitrogens is 1. The molecule has 8 nitrogen and oxygen atoms in total. The molecule has 0 bridgehead atoms. The number of hydrogen-bond donors (Lipinski definition) is 1. The first-order valence-corrected chi connectivity index (χ1v) is 14.6. The fourth-order valence-electron chi connectivity index (χ4n) is 4.59. The van der Waals surface area contributed by atoms with Crippen molar-refractivity contribution in [3.8, 4) is 11.8 Å². The molecule has 0 spiro atoms. The van der Waals surface area contributed by atoms with Crippen LogP contribution in [0.15, 0.2) is 102 Å². The Labute approximate surface area is 246 Å². The average molecular weight is 607 g/mol. The van der Waals surface area contributed by atoms with E-state index in [1.807, 2.05) is 6.07 Å². The highest BCUT2D eigenvalue weighted by Crippen LogP contribution is 2.46. The number of benzene rings is 3. The zero-order valence-electron chi connectivity index (χ0n) is 22.6. The molecule has 5 rings (SSSR count). The van der Waals surface area contributed by atoms with Crippen LogP contribution in [0.25, 0.3) is 0 Å². The van der Waals surface area contributed by atoms with E-state index < -0.39 is 21.9 Å². The molecule has 12 heteroatoms. The van der Waals surface area contributed by atoms with Gasteiger partial charge in [-0.15, -0.1) is 13.2 Å². The van der Waals surface area contributed by atoms with Crippen molar-refractivity contribution in [3.63, 3.8) is 0 Å². The minimum atomic E-state index is -4.79. The Bertz CT molecular complexity index is 1730. The molecule has 43 heavy (non-hydrogen) atoms. The van der Waals surface area contributed by atoms with E-state index in [0.29, 0.717) is 40.8 Å². The van der Waals surface area contributed by atoms with Gasteiger partial charge in [-0.05, 0) is 84.6 Å². The van der Waals surface area contributed by atoms with Gasteiger partial charge in [-0.2, -0.15) is 9.57 Å². The van der Waals surface area contributed by atoms with E-state index in [0.717, 1.165) is 0 Å². The van der Waals surface area contributed by atoms with Crippen molar-refractivity contribution in [2.75, 3.05) is 0 Å². The third-order valence-corrected chi connectivity index (χ3v) is 8.81. The molecule has 1 saturated carbocycles. The molecule has 3 aromatic carbocycles. The fourth-order valence-corrected chi connectivity index (χ4v) is 5.99. The van der Waals surface area contributed by atoms with Gasteiger partial charge < -0.3 is 10.1 Å². The van der Waals surface area contributed by atoms with Crippen LogP contribution in [-0.4, -0.2) is 30.0 Å². The molecule has 1 amide bonds. The van der Waals surface area contributed by atoms with Gasteiger partial charge in [0.2, 0.25) is 10.0 Å². The molecule has 0 aliphatic heterocycles. The number of nitrogens with one attached hydrogen (secondary N) is 1. The SMILES string of the molecule is N#Cc1ccc(S(=O)(=O)N(Cc2ccc(C(=O)NC3(c4ccc(OC(F)(F)F)cc4)CC3)cc2)Cc2ccccn2)cc1. The Kier molecular flexibility index (Phi) is 8.21. The second kappa shape index (κ2) is 11.9. The van der Waals surface area contributed by atoms with E-state index in [-0.39, 0.29) is 29.6 Å². The number of carbonyl (C=O) groups excluding carboxylic acids is 1. The number of nitrogens with zero attached hydrogens (tertiary/aromatic N) is 3. The normalized spacial score (nSPS) is 14.1. The summed E-state index contributed by atoms with van der Waals surface area (Å²) in [5.74, 6) is -0.706. The van der Waals surface area contributed by atoms with Gasteiger partial charge in [0.05, 0.1) is 34.3 Å². The molecule has 1 aliphatic carbocycles. The number of sulfonamides is 1. The lowest BCUT2D eigenvalue weighted by Gasteiger charge is -2.22. The Morgan fingerprint density at radius 3 is 2.19 bits per heavy atom. The van der Waals surface area contributed by atoms with Gasteiger partial charge in [0.15, 0.2) is 0 Å². The molecule has 0 atom stereocenters. The number of alkyl halides is 3. The van der Waals surface area contributed by atoms with Crippen LogP contribution >= 0.6 is 0 Å². The van der Waals surface area contributed by atoms with E-state index in [9.17, 15) is 26.4 Å². The number of nitriles is 1. The number of amides is 1. The minimum Gasteiger partial charge on any atom is -0.406 e. The van der Waals surface area contributed by atoms with Crippen LogP contribution in [0, 0.1) is 11.3 Å². The van der Waals surface area contributed by atoms with Gasteiger partial charge in [-0.1, -0.05) is 30.3 Å². The quantitative estimate of drug-likeness (QED) is 0.249. The maximum absolute atomic E-state index is 13.6. The molecular weight excluding hydrogens is 581 g/mol. The summed E-state index contributed by atoms with van der Waals surface area (Å²) in [6.07, 6.45) is -1.95. The Morgan fingerprint density at radius 2 is 1.63 bits per heavy atom. The second-order valence-electron chi connectivity index (χ2n) is 10.0. The van der Waals surface area contributed by atoms with Gasteiger partial charge in [0.1, 0.15) is 5.75 Å². The lowest BCUT2D eigenvalue weighted by atomic mass is 10.0. The van der Waals surface area contributed by atoms with Crippen molar-refractivity contribution < 1.29 is 31.1 Å². The first-order chi connectivity index (χ1) is 20.5. The molecule has 1 fully saturated rings. The molecule has 1 heterocycles. The molecule has 1 aromatic heterocycles. The van der Waals surface area contributed by atoms with Crippen molar-refractivity contribution in [1.82, 2.24) is 14.6 Å². The number of hydrogen-bond acceptors (Lipinski definition) is 6. The zero-order valence-corrected chi connectivity index (χ0v) is 23.4. The maximum Gasteiger partial charge on any atom is 0.573 e. The summed E-state index contributed by atoms with van der Waals surface area (Å²) in [6.45, 7) is -0.00216. The van der Waals surface area contributed by atoms with Crippen LogP contribution in [-0.2, 0) is 28.7 Å². The van der Waals surface area contributed by atoms with Crippen molar-refractivity contribution in [2.45, 2.75) is 42.7 Å². The molecule has 1 aliphatic rings. The Morgan fingerprint density at radius 1 is 0.953 bits per heavy atom. The van der Waals surface area contributed by atoms with Gasteiger partial charge >= 0.3 is 6.36 Å². The number of pyridine rings is 1. The third kappa shape index (κ3) is 7.20. The highest BCUT2D eigenvalue weighted by molar-refractivity contribution is 7.89. The van der Waals surface area contributed by atoms with Crippen molar-refractivity contribution in [1.29, 1.82) is 5.26 Å². The predicted octanol–water partition coefficient (Wildman–Crippen LogP) is 5.66. The van der Waals surface area contributed by atoms with Crippen molar-refractivity contribution in [3.05, 3.63) is 125 Å². The topological polar surface area (TPSA) is 112 Å². The molecule has 4 aromatic rings. The summed E-state index contributed by atoms with van der Waals surface area (Å²) >= 11 is 0. The number of halogens is 3. The van der Waals surface area contributed by atoms with E-state index in [1.165, 1.54) is 52.8 Å². The van der Waals surface area contributed by atoms with E-state index >= 15 is 0 Å². The molecular formula is C31H25F3N4O4S. The molecule has 1 N–H and O–H groups in total. The summed E-state index contributed by atoms with van der Waals surface area (Å²) in [5.41, 5.74) is 1.85. The minimum absolute atomic E-state index is 0.000727. The van der Waals surface area contributed by atoms with Crippen LogP contribution in [0.1, 0.15) is 45.6 Å². The standard InChI is InChI=1S/C31H25F3N4O4S/c32-31(33,34)42-27-12-10-25(11-13-27)30(16-17-30)37-29(39)24-8-4-23(5-9-24)20-38(21-26-3-1-2-18-36-26)43(40,41)28-14-6-22(19-35)7-15-28/h1-15,18H,16-17,20-21H2,(H,37,39). The summed E-state index contributed by atoms with van der Waals surface area (Å²) in [6, 6.07) is 24.8. The molecule has 220 valence electrons. The van der Waals surface area contributed by atoms with Gasteiger partial charge in [-0.3, -0.25) is 9.78 Å². The number of rotatable bonds is 10. The third-order valence-electron chi connectivity index (χ3n) is 7.00. The first-order valence-electron chi connectivity index (χ1n) is 13.2. The largest absolute Gasteiger partial charge is 0.573 e. The van der Waals surface area contributed by atoms with Crippen LogP contribution in [0.2, 0.25) is 0 Å². The van der Waals surface area contributed by atoms with Crippen LogP contribution in [0.4, 0.5) is 13.2 Å². The summed E-state index contributed by atoms with van der Waals surface area (Å²) in [4.78, 5) is 17.4. The van der Waals surface area contributed by atoms with E-state index in [2.05, 4.69) is 15.0 Å². The van der Waals surface area contributed by atoms with Gasteiger partial charge in [0.25, 0.3) is 5.91 Å². The molecule has 0 saturated heterocycles. The fraction of sp³-hybridized carbons (Fsp3) is 0.194. The number of carbonyl (C=O) groups is 1. The number of ether oxygens (including phenoxy) is 1. The monoisotopic (exact) mass is 606 g/mol. The smallest absolute Gasteiger partial charge is 0.406 e. The van der Waals surface area contributed by atoms with Gasteiger partial charge in [-0.25, -0.2) is 8.42 Å². The predicted molar refractivity (Wildman–Crippen MR) is 150 cm³/mol. The lowest BCUT2D eigenvalue weighted by molar-refractivity contribution is -0.274. The molecule has 0 unspecified atom stereocenters. The summed E-state index contributed by atoms with van der Waals surface area (Å²) in [7, 11) is -3.98. The highest BCUT2D eigenvalue weighted by Gasteiger charge is 2.46. The first kappa shape index (κ1) is 29.8. The second-order valence-corrected chi connectivity index (χ2v) is 12.0. The van der Waals surface area contributed by atoms with Crippen molar-refractivity contribution in [2.24, 2.45) is 0 Å². The Hall–Kier alpha value is -4.73. The zero-order chi connectivity index (χ0) is 30.7. The van der Waals surface area contributed by atoms with Gasteiger partial charge in [0, 0.05) is 18.3 Å². The Balaban J connectivity index is 1.30. The lowest BCUT2D eigenvalue weighted by Crippen LogP contribution is -2.34. The van der Waals surface area contributed by atoms with Crippen LogP contribution in [0.3, 0.4) is 0 Å². The van der Waals surface area contributed by atoms with Crippen molar-refractivity contribution >= 4 is 15.9 Å². The maximum atomic E-state index is 13.6. The average Bonchev–Trinajstić information content (AvgIpc) is 3.77. The molecule has 0 radical (unpaired) electrons. The van der Waals surface area contributed by atoms with E-state index in [4.69, 9.17) is 5.26 Å². The highest BCUT2D eigenvalue weighted by atomic mass is 32.2. The summed E-state index contributed by atoms with van der Waals surface area (Å²) in [5, 5.41) is 12.0. The van der Waals surface area contributed by atoms with Crippen LogP contribution in [0.5, 0.6) is 5.75 Å². The van der Waals surface area contributed by atoms with Crippen LogP contribution < -0.4 is 10.1 Å².